The molecule has 0 saturated heterocycles. The van der Waals surface area contributed by atoms with E-state index in [0.29, 0.717) is 0 Å². The van der Waals surface area contributed by atoms with E-state index in [2.05, 4.69) is 26.8 Å². The summed E-state index contributed by atoms with van der Waals surface area (Å²) in [4.78, 5) is 0.105. The van der Waals surface area contributed by atoms with Gasteiger partial charge < -0.3 is 5.73 Å². The molecule has 0 saturated carbocycles. The summed E-state index contributed by atoms with van der Waals surface area (Å²) in [5.74, 6) is 5.69. The summed E-state index contributed by atoms with van der Waals surface area (Å²) >= 11 is 0. The molecule has 0 aliphatic carbocycles. The number of H-pyrrole nitrogens is 1. The Hall–Kier alpha value is -2.14. The first kappa shape index (κ1) is 15.3. The molecule has 1 atom stereocenters. The highest BCUT2D eigenvalue weighted by Crippen LogP contribution is 2.17. The minimum absolute atomic E-state index is 0.105. The topological polar surface area (TPSA) is 101 Å². The van der Waals surface area contributed by atoms with E-state index >= 15 is 0 Å². The first-order valence-electron chi connectivity index (χ1n) is 6.33. The molecular formula is C14H16N4O2S. The lowest BCUT2D eigenvalue weighted by atomic mass is 10.1. The van der Waals surface area contributed by atoms with Gasteiger partial charge in [0.2, 0.25) is 10.0 Å². The summed E-state index contributed by atoms with van der Waals surface area (Å²) in [5, 5.41) is 6.12. The molecule has 110 valence electrons. The molecular weight excluding hydrogens is 288 g/mol. The van der Waals surface area contributed by atoms with Gasteiger partial charge in [-0.25, -0.2) is 13.1 Å². The van der Waals surface area contributed by atoms with Crippen molar-refractivity contribution >= 4 is 10.0 Å². The predicted molar refractivity (Wildman–Crippen MR) is 79.7 cm³/mol. The van der Waals surface area contributed by atoms with Gasteiger partial charge in [0.15, 0.2) is 0 Å². The van der Waals surface area contributed by atoms with E-state index in [1.165, 1.54) is 12.4 Å². The zero-order valence-electron chi connectivity index (χ0n) is 11.5. The Labute approximate surface area is 123 Å². The number of aromatic amines is 1. The summed E-state index contributed by atoms with van der Waals surface area (Å²) < 4.78 is 26.8. The smallest absolute Gasteiger partial charge is 0.244 e. The number of hydrogen-bond acceptors (Lipinski definition) is 4. The predicted octanol–water partition coefficient (Wildman–Crippen LogP) is 0.759. The standard InChI is InChI=1S/C14H16N4O2S/c1-11(18-21(19,20)14-9-16-17-10-14)13-6-2-4-12(8-13)5-3-7-15/h2,4,6,8-11,18H,7,15H2,1H3,(H,16,17). The molecule has 2 rings (SSSR count). The molecule has 0 amide bonds. The number of nitrogens with one attached hydrogen (secondary N) is 2. The van der Waals surface area contributed by atoms with Crippen molar-refractivity contribution in [2.45, 2.75) is 17.9 Å². The Morgan fingerprint density at radius 1 is 1.48 bits per heavy atom. The van der Waals surface area contributed by atoms with E-state index in [9.17, 15) is 8.42 Å². The molecule has 0 aliphatic heterocycles. The van der Waals surface area contributed by atoms with E-state index in [4.69, 9.17) is 5.73 Å². The molecule has 21 heavy (non-hydrogen) atoms. The molecule has 7 heteroatoms. The lowest BCUT2D eigenvalue weighted by molar-refractivity contribution is 0.567. The van der Waals surface area contributed by atoms with Gasteiger partial charge in [-0.05, 0) is 24.6 Å². The van der Waals surface area contributed by atoms with E-state index in [1.54, 1.807) is 6.92 Å². The van der Waals surface area contributed by atoms with E-state index < -0.39 is 10.0 Å². The van der Waals surface area contributed by atoms with Crippen LogP contribution in [-0.4, -0.2) is 25.2 Å². The maximum atomic E-state index is 12.1. The van der Waals surface area contributed by atoms with Crippen molar-refractivity contribution in [1.29, 1.82) is 0 Å². The zero-order valence-corrected chi connectivity index (χ0v) is 12.3. The van der Waals surface area contributed by atoms with Crippen LogP contribution in [0.3, 0.4) is 0 Å². The third-order valence-electron chi connectivity index (χ3n) is 2.84. The molecule has 0 aliphatic rings. The highest BCUT2D eigenvalue weighted by atomic mass is 32.2. The van der Waals surface area contributed by atoms with Crippen LogP contribution in [-0.2, 0) is 10.0 Å². The fourth-order valence-corrected chi connectivity index (χ4v) is 2.93. The second-order valence-corrected chi connectivity index (χ2v) is 6.12. The number of rotatable bonds is 4. The van der Waals surface area contributed by atoms with Gasteiger partial charge in [-0.15, -0.1) is 0 Å². The largest absolute Gasteiger partial charge is 0.320 e. The van der Waals surface area contributed by atoms with Gasteiger partial charge in [0.05, 0.1) is 12.7 Å². The second-order valence-electron chi connectivity index (χ2n) is 4.41. The van der Waals surface area contributed by atoms with Crippen LogP contribution in [0.5, 0.6) is 0 Å². The van der Waals surface area contributed by atoms with Crippen molar-refractivity contribution in [3.63, 3.8) is 0 Å². The van der Waals surface area contributed by atoms with Crippen LogP contribution < -0.4 is 10.5 Å². The Balaban J connectivity index is 2.19. The lowest BCUT2D eigenvalue weighted by Gasteiger charge is -2.14. The Morgan fingerprint density at radius 2 is 2.29 bits per heavy atom. The molecule has 1 unspecified atom stereocenters. The molecule has 6 nitrogen and oxygen atoms in total. The third kappa shape index (κ3) is 3.92. The zero-order chi connectivity index (χ0) is 15.3. The molecule has 4 N–H and O–H groups in total. The van der Waals surface area contributed by atoms with Crippen molar-refractivity contribution in [2.75, 3.05) is 6.54 Å². The summed E-state index contributed by atoms with van der Waals surface area (Å²) in [6, 6.07) is 6.98. The van der Waals surface area contributed by atoms with Gasteiger partial charge in [0.1, 0.15) is 4.90 Å². The van der Waals surface area contributed by atoms with Crippen molar-refractivity contribution in [1.82, 2.24) is 14.9 Å². The van der Waals surface area contributed by atoms with Gasteiger partial charge in [0.25, 0.3) is 0 Å². The van der Waals surface area contributed by atoms with Gasteiger partial charge in [0, 0.05) is 17.8 Å². The Kier molecular flexibility index (Phi) is 4.75. The average molecular weight is 304 g/mol. The molecule has 1 aromatic carbocycles. The van der Waals surface area contributed by atoms with Gasteiger partial charge >= 0.3 is 0 Å². The highest BCUT2D eigenvalue weighted by molar-refractivity contribution is 7.89. The Bertz CT molecular complexity index is 758. The van der Waals surface area contributed by atoms with Crippen molar-refractivity contribution < 1.29 is 8.42 Å². The SMILES string of the molecule is CC(NS(=O)(=O)c1cn[nH]c1)c1cccc(C#CCN)c1. The van der Waals surface area contributed by atoms with E-state index in [-0.39, 0.29) is 17.5 Å². The normalized spacial score (nSPS) is 12.5. The van der Waals surface area contributed by atoms with Crippen molar-refractivity contribution in [3.8, 4) is 11.8 Å². The minimum atomic E-state index is -3.59. The molecule has 2 aromatic rings. The summed E-state index contributed by atoms with van der Waals surface area (Å²) in [5.41, 5.74) is 6.96. The minimum Gasteiger partial charge on any atom is -0.320 e. The van der Waals surface area contributed by atoms with E-state index in [1.807, 2.05) is 24.3 Å². The average Bonchev–Trinajstić information content (AvgIpc) is 3.00. The van der Waals surface area contributed by atoms with Crippen LogP contribution in [0.15, 0.2) is 41.6 Å². The monoisotopic (exact) mass is 304 g/mol. The summed E-state index contributed by atoms with van der Waals surface area (Å²) in [6.45, 7) is 2.06. The molecule has 0 spiro atoms. The summed E-state index contributed by atoms with van der Waals surface area (Å²) in [7, 11) is -3.59. The maximum absolute atomic E-state index is 12.1. The number of aromatic nitrogens is 2. The quantitative estimate of drug-likeness (QED) is 0.726. The number of benzene rings is 1. The fourth-order valence-electron chi connectivity index (χ4n) is 1.79. The molecule has 0 bridgehead atoms. The van der Waals surface area contributed by atoms with Crippen molar-refractivity contribution in [3.05, 3.63) is 47.8 Å². The number of hydrogen-bond donors (Lipinski definition) is 3. The first-order valence-corrected chi connectivity index (χ1v) is 7.81. The van der Waals surface area contributed by atoms with Gasteiger partial charge in [-0.1, -0.05) is 24.0 Å². The molecule has 1 aromatic heterocycles. The first-order chi connectivity index (χ1) is 10.0. The van der Waals surface area contributed by atoms with Gasteiger partial charge in [-0.3, -0.25) is 5.10 Å². The van der Waals surface area contributed by atoms with Crippen LogP contribution in [0.2, 0.25) is 0 Å². The van der Waals surface area contributed by atoms with Crippen LogP contribution >= 0.6 is 0 Å². The van der Waals surface area contributed by atoms with E-state index in [0.717, 1.165) is 11.1 Å². The second kappa shape index (κ2) is 6.54. The van der Waals surface area contributed by atoms with Crippen molar-refractivity contribution in [2.24, 2.45) is 5.73 Å². The summed E-state index contributed by atoms with van der Waals surface area (Å²) in [6.07, 6.45) is 2.59. The molecule has 0 radical (unpaired) electrons. The number of sulfonamides is 1. The highest BCUT2D eigenvalue weighted by Gasteiger charge is 2.19. The maximum Gasteiger partial charge on any atom is 0.244 e. The number of nitrogens with zero attached hydrogens (tertiary/aromatic N) is 1. The third-order valence-corrected chi connectivity index (χ3v) is 4.34. The van der Waals surface area contributed by atoms with Gasteiger partial charge in [-0.2, -0.15) is 5.10 Å². The Morgan fingerprint density at radius 3 is 2.95 bits per heavy atom. The number of nitrogens with two attached hydrogens (primary N) is 1. The fraction of sp³-hybridized carbons (Fsp3) is 0.214. The molecule has 0 fully saturated rings. The molecule has 1 heterocycles. The van der Waals surface area contributed by atoms with Crippen LogP contribution in [0.1, 0.15) is 24.1 Å². The van der Waals surface area contributed by atoms with Crippen LogP contribution in [0, 0.1) is 11.8 Å². The van der Waals surface area contributed by atoms with Crippen LogP contribution in [0.4, 0.5) is 0 Å². The lowest BCUT2D eigenvalue weighted by Crippen LogP contribution is -2.26. The van der Waals surface area contributed by atoms with Crippen LogP contribution in [0.25, 0.3) is 0 Å².